The largest absolute Gasteiger partial charge is 0.487 e. The van der Waals surface area contributed by atoms with E-state index in [-0.39, 0.29) is 23.3 Å². The Hall–Kier alpha value is -1.82. The van der Waals surface area contributed by atoms with Crippen molar-refractivity contribution in [2.75, 3.05) is 19.7 Å². The highest BCUT2D eigenvalue weighted by atomic mass is 16.6. The van der Waals surface area contributed by atoms with E-state index in [9.17, 15) is 10.1 Å². The Morgan fingerprint density at radius 2 is 2.26 bits per heavy atom. The minimum Gasteiger partial charge on any atom is -0.487 e. The molecule has 0 aliphatic carbocycles. The number of para-hydroxylation sites is 1. The van der Waals surface area contributed by atoms with E-state index in [1.165, 1.54) is 0 Å². The lowest BCUT2D eigenvalue weighted by Crippen LogP contribution is -2.20. The molecule has 0 saturated carbocycles. The molecule has 1 saturated heterocycles. The summed E-state index contributed by atoms with van der Waals surface area (Å²) >= 11 is 0. The van der Waals surface area contributed by atoms with Gasteiger partial charge in [0.1, 0.15) is 6.10 Å². The number of nitrogens with one attached hydrogen (secondary N) is 1. The molecule has 1 aliphatic rings. The first-order valence-electron chi connectivity index (χ1n) is 6.50. The molecule has 1 unspecified atom stereocenters. The van der Waals surface area contributed by atoms with Gasteiger partial charge in [-0.3, -0.25) is 10.1 Å². The van der Waals surface area contributed by atoms with Crippen LogP contribution in [0, 0.1) is 10.1 Å². The van der Waals surface area contributed by atoms with Crippen molar-refractivity contribution in [2.45, 2.75) is 25.9 Å². The monoisotopic (exact) mass is 266 g/mol. The van der Waals surface area contributed by atoms with Gasteiger partial charge >= 0.3 is 5.69 Å². The number of nitro benzene ring substituents is 1. The van der Waals surface area contributed by atoms with Crippen molar-refractivity contribution in [3.05, 3.63) is 28.3 Å². The second kappa shape index (κ2) is 6.38. The summed E-state index contributed by atoms with van der Waals surface area (Å²) in [7, 11) is 0. The minimum atomic E-state index is -0.442. The molecular formula is C13H18N2O4. The average Bonchev–Trinajstić information content (AvgIpc) is 2.89. The van der Waals surface area contributed by atoms with E-state index in [0.29, 0.717) is 6.61 Å². The molecule has 6 heteroatoms. The molecule has 104 valence electrons. The van der Waals surface area contributed by atoms with Gasteiger partial charge in [0, 0.05) is 6.54 Å². The Kier molecular flexibility index (Phi) is 4.57. The highest BCUT2D eigenvalue weighted by Crippen LogP contribution is 2.37. The summed E-state index contributed by atoms with van der Waals surface area (Å²) in [4.78, 5) is 10.8. The smallest absolute Gasteiger partial charge is 0.352 e. The lowest BCUT2D eigenvalue weighted by molar-refractivity contribution is -0.387. The van der Waals surface area contributed by atoms with E-state index < -0.39 is 4.92 Å². The van der Waals surface area contributed by atoms with Crippen LogP contribution in [-0.2, 0) is 0 Å². The molecule has 1 aromatic carbocycles. The van der Waals surface area contributed by atoms with Gasteiger partial charge in [-0.2, -0.15) is 0 Å². The molecular weight excluding hydrogens is 248 g/mol. The van der Waals surface area contributed by atoms with E-state index in [1.54, 1.807) is 18.2 Å². The molecule has 19 heavy (non-hydrogen) atoms. The van der Waals surface area contributed by atoms with Gasteiger partial charge in [-0.25, -0.2) is 0 Å². The normalized spacial score (nSPS) is 18.3. The molecule has 1 N–H and O–H groups in total. The number of nitro groups is 1. The molecule has 0 aromatic heterocycles. The number of hydrogen-bond acceptors (Lipinski definition) is 5. The van der Waals surface area contributed by atoms with Crippen LogP contribution in [0.4, 0.5) is 5.69 Å². The lowest BCUT2D eigenvalue weighted by Gasteiger charge is -2.14. The number of rotatable bonds is 6. The van der Waals surface area contributed by atoms with Gasteiger partial charge in [0.05, 0.1) is 11.5 Å². The van der Waals surface area contributed by atoms with E-state index in [2.05, 4.69) is 5.32 Å². The van der Waals surface area contributed by atoms with E-state index in [1.807, 2.05) is 6.92 Å². The number of benzene rings is 1. The fourth-order valence-electron chi connectivity index (χ4n) is 2.01. The van der Waals surface area contributed by atoms with Crippen LogP contribution in [0.2, 0.25) is 0 Å². The van der Waals surface area contributed by atoms with Gasteiger partial charge < -0.3 is 14.8 Å². The fraction of sp³-hybridized carbons (Fsp3) is 0.538. The second-order valence-electron chi connectivity index (χ2n) is 4.44. The molecule has 0 bridgehead atoms. The Bertz CT molecular complexity index is 444. The standard InChI is InChI=1S/C13H18N2O4/c1-2-8-18-11-4-3-5-12(13(11)15(16)17)19-10-6-7-14-9-10/h3-5,10,14H,2,6-9H2,1H3. The highest BCUT2D eigenvalue weighted by Gasteiger charge is 2.25. The third-order valence-electron chi connectivity index (χ3n) is 2.91. The van der Waals surface area contributed by atoms with Crippen LogP contribution in [0.15, 0.2) is 18.2 Å². The zero-order chi connectivity index (χ0) is 13.7. The Morgan fingerprint density at radius 1 is 1.47 bits per heavy atom. The molecule has 1 aliphatic heterocycles. The summed E-state index contributed by atoms with van der Waals surface area (Å²) in [5.41, 5.74) is -0.0807. The van der Waals surface area contributed by atoms with Crippen molar-refractivity contribution in [3.8, 4) is 11.5 Å². The molecule has 1 heterocycles. The summed E-state index contributed by atoms with van der Waals surface area (Å²) < 4.78 is 11.1. The zero-order valence-electron chi connectivity index (χ0n) is 10.9. The molecule has 0 amide bonds. The lowest BCUT2D eigenvalue weighted by atomic mass is 10.2. The fourth-order valence-corrected chi connectivity index (χ4v) is 2.01. The predicted octanol–water partition coefficient (Wildman–Crippen LogP) is 2.12. The van der Waals surface area contributed by atoms with E-state index >= 15 is 0 Å². The van der Waals surface area contributed by atoms with Gasteiger partial charge in [0.25, 0.3) is 0 Å². The van der Waals surface area contributed by atoms with Crippen molar-refractivity contribution in [3.63, 3.8) is 0 Å². The second-order valence-corrected chi connectivity index (χ2v) is 4.44. The molecule has 2 rings (SSSR count). The minimum absolute atomic E-state index is 0.0138. The van der Waals surface area contributed by atoms with E-state index in [4.69, 9.17) is 9.47 Å². The summed E-state index contributed by atoms with van der Waals surface area (Å²) in [6.45, 7) is 4.01. The van der Waals surface area contributed by atoms with Crippen molar-refractivity contribution in [1.29, 1.82) is 0 Å². The summed E-state index contributed by atoms with van der Waals surface area (Å²) in [6.07, 6.45) is 1.64. The zero-order valence-corrected chi connectivity index (χ0v) is 10.9. The molecule has 0 radical (unpaired) electrons. The maximum Gasteiger partial charge on any atom is 0.352 e. The predicted molar refractivity (Wildman–Crippen MR) is 70.8 cm³/mol. The molecule has 1 aromatic rings. The van der Waals surface area contributed by atoms with Gasteiger partial charge in [-0.05, 0) is 31.5 Å². The Morgan fingerprint density at radius 3 is 2.89 bits per heavy atom. The van der Waals surface area contributed by atoms with Crippen LogP contribution >= 0.6 is 0 Å². The van der Waals surface area contributed by atoms with Crippen molar-refractivity contribution >= 4 is 5.69 Å². The van der Waals surface area contributed by atoms with Gasteiger partial charge in [-0.1, -0.05) is 13.0 Å². The summed E-state index contributed by atoms with van der Waals surface area (Å²) in [6, 6.07) is 4.94. The van der Waals surface area contributed by atoms with Gasteiger partial charge in [0.2, 0.25) is 11.5 Å². The molecule has 1 fully saturated rings. The quantitative estimate of drug-likeness (QED) is 0.630. The molecule has 1 atom stereocenters. The highest BCUT2D eigenvalue weighted by molar-refractivity contribution is 5.57. The third kappa shape index (κ3) is 3.35. The van der Waals surface area contributed by atoms with Crippen molar-refractivity contribution in [2.24, 2.45) is 0 Å². The number of nitrogens with zero attached hydrogens (tertiary/aromatic N) is 1. The van der Waals surface area contributed by atoms with E-state index in [0.717, 1.165) is 25.9 Å². The third-order valence-corrected chi connectivity index (χ3v) is 2.91. The Balaban J connectivity index is 2.22. The number of ether oxygens (including phenoxy) is 2. The maximum absolute atomic E-state index is 11.2. The van der Waals surface area contributed by atoms with Gasteiger partial charge in [-0.15, -0.1) is 0 Å². The number of hydrogen-bond donors (Lipinski definition) is 1. The van der Waals surface area contributed by atoms with Crippen molar-refractivity contribution < 1.29 is 14.4 Å². The van der Waals surface area contributed by atoms with Crippen LogP contribution in [0.5, 0.6) is 11.5 Å². The maximum atomic E-state index is 11.2. The summed E-state index contributed by atoms with van der Waals surface area (Å²) in [5, 5.41) is 14.4. The summed E-state index contributed by atoms with van der Waals surface area (Å²) in [5.74, 6) is 0.558. The van der Waals surface area contributed by atoms with Crippen LogP contribution in [0.25, 0.3) is 0 Å². The van der Waals surface area contributed by atoms with Crippen LogP contribution in [-0.4, -0.2) is 30.7 Å². The van der Waals surface area contributed by atoms with Crippen LogP contribution in [0.1, 0.15) is 19.8 Å². The average molecular weight is 266 g/mol. The first kappa shape index (κ1) is 13.6. The SMILES string of the molecule is CCCOc1cccc(OC2CCNC2)c1[N+](=O)[O-]. The van der Waals surface area contributed by atoms with Crippen LogP contribution in [0.3, 0.4) is 0 Å². The Labute approximate surface area is 111 Å². The molecule has 6 nitrogen and oxygen atoms in total. The first-order valence-corrected chi connectivity index (χ1v) is 6.50. The van der Waals surface area contributed by atoms with Crippen LogP contribution < -0.4 is 14.8 Å². The topological polar surface area (TPSA) is 73.6 Å². The van der Waals surface area contributed by atoms with Crippen molar-refractivity contribution in [1.82, 2.24) is 5.32 Å². The first-order chi connectivity index (χ1) is 9.22. The van der Waals surface area contributed by atoms with Gasteiger partial charge in [0.15, 0.2) is 0 Å². The molecule has 0 spiro atoms.